The van der Waals surface area contributed by atoms with E-state index >= 15 is 0 Å². The van der Waals surface area contributed by atoms with E-state index in [2.05, 4.69) is 50.0 Å². The highest BCUT2D eigenvalue weighted by molar-refractivity contribution is 5.82. The molecule has 0 unspecified atom stereocenters. The third-order valence-corrected chi connectivity index (χ3v) is 5.91. The number of ether oxygens (including phenoxy) is 1. The van der Waals surface area contributed by atoms with Crippen LogP contribution in [0, 0.1) is 6.92 Å². The number of rotatable bonds is 6. The van der Waals surface area contributed by atoms with E-state index < -0.39 is 0 Å². The number of hydrogen-bond donors (Lipinski definition) is 1. The molecule has 1 aliphatic heterocycles. The van der Waals surface area contributed by atoms with Crippen molar-refractivity contribution in [3.05, 3.63) is 78.5 Å². The van der Waals surface area contributed by atoms with Gasteiger partial charge < -0.3 is 19.5 Å². The van der Waals surface area contributed by atoms with Gasteiger partial charge in [-0.05, 0) is 36.6 Å². The molecule has 1 N–H and O–H groups in total. The fourth-order valence-electron chi connectivity index (χ4n) is 4.26. The smallest absolute Gasteiger partial charge is 0.224 e. The van der Waals surface area contributed by atoms with Crippen molar-refractivity contribution in [1.82, 2.24) is 24.4 Å². The van der Waals surface area contributed by atoms with Crippen LogP contribution in [0.2, 0.25) is 0 Å². The fourth-order valence-corrected chi connectivity index (χ4v) is 4.26. The summed E-state index contributed by atoms with van der Waals surface area (Å²) >= 11 is 0. The molecule has 4 heterocycles. The fraction of sp³-hybridized carbons (Fsp3) is 0.280. The Hall–Kier alpha value is -3.78. The minimum Gasteiger partial charge on any atom is -0.368 e. The average Bonchev–Trinajstić information content (AvgIpc) is 3.18. The Balaban J connectivity index is 1.24. The number of pyridine rings is 1. The van der Waals surface area contributed by atoms with Crippen molar-refractivity contribution < 1.29 is 9.53 Å². The highest BCUT2D eigenvalue weighted by Crippen LogP contribution is 2.24. The lowest BCUT2D eigenvalue weighted by Crippen LogP contribution is -2.42. The van der Waals surface area contributed by atoms with Crippen LogP contribution in [0.5, 0.6) is 0 Å². The molecule has 0 radical (unpaired) electrons. The zero-order chi connectivity index (χ0) is 22.6. The summed E-state index contributed by atoms with van der Waals surface area (Å²) in [4.78, 5) is 27.9. The molecular formula is C25H26N6O2. The topological polar surface area (TPSA) is 85.2 Å². The number of fused-ring (bicyclic) bond motifs is 1. The van der Waals surface area contributed by atoms with Gasteiger partial charge in [0.2, 0.25) is 5.91 Å². The van der Waals surface area contributed by atoms with Crippen LogP contribution in [-0.4, -0.2) is 50.0 Å². The maximum Gasteiger partial charge on any atom is 0.224 e. The van der Waals surface area contributed by atoms with Crippen LogP contribution in [0.4, 0.5) is 11.6 Å². The largest absolute Gasteiger partial charge is 0.368 e. The van der Waals surface area contributed by atoms with E-state index in [1.54, 1.807) is 18.6 Å². The molecule has 0 bridgehead atoms. The van der Waals surface area contributed by atoms with Crippen molar-refractivity contribution >= 4 is 28.4 Å². The molecule has 1 aliphatic rings. The molecule has 1 saturated heterocycles. The van der Waals surface area contributed by atoms with Gasteiger partial charge in [0.1, 0.15) is 17.7 Å². The summed E-state index contributed by atoms with van der Waals surface area (Å²) in [5, 5.41) is 4.35. The Bertz CT molecular complexity index is 1260. The van der Waals surface area contributed by atoms with Gasteiger partial charge in [-0.25, -0.2) is 9.97 Å². The third-order valence-electron chi connectivity index (χ3n) is 5.91. The number of carbonyl (C=O) groups is 1. The molecule has 1 atom stereocenters. The second-order valence-electron chi connectivity index (χ2n) is 8.11. The number of benzene rings is 1. The molecule has 8 heteroatoms. The first-order valence-corrected chi connectivity index (χ1v) is 11.1. The van der Waals surface area contributed by atoms with Crippen LogP contribution in [0.25, 0.3) is 10.9 Å². The number of nitrogens with zero attached hydrogens (tertiary/aromatic N) is 5. The highest BCUT2D eigenvalue weighted by atomic mass is 16.5. The number of hydrogen-bond acceptors (Lipinski definition) is 6. The molecule has 1 amide bonds. The van der Waals surface area contributed by atoms with Gasteiger partial charge in [-0.1, -0.05) is 24.3 Å². The van der Waals surface area contributed by atoms with E-state index in [1.807, 2.05) is 35.2 Å². The van der Waals surface area contributed by atoms with E-state index in [4.69, 9.17) is 4.74 Å². The number of para-hydroxylation sites is 1. The number of morpholine rings is 1. The van der Waals surface area contributed by atoms with Gasteiger partial charge in [0.15, 0.2) is 0 Å². The van der Waals surface area contributed by atoms with Crippen molar-refractivity contribution in [3.8, 4) is 0 Å². The SMILES string of the molecule is Cc1cc2ccccc2n1CCC(=O)N1CCO[C@@H](c2cccc(Nc3cnccn3)n2)C1. The Morgan fingerprint density at radius 1 is 1.15 bits per heavy atom. The molecular weight excluding hydrogens is 416 g/mol. The Labute approximate surface area is 192 Å². The van der Waals surface area contributed by atoms with Gasteiger partial charge >= 0.3 is 0 Å². The van der Waals surface area contributed by atoms with Gasteiger partial charge in [-0.15, -0.1) is 0 Å². The molecule has 168 valence electrons. The highest BCUT2D eigenvalue weighted by Gasteiger charge is 2.26. The number of amides is 1. The summed E-state index contributed by atoms with van der Waals surface area (Å²) in [6.45, 7) is 4.33. The van der Waals surface area contributed by atoms with Crippen LogP contribution in [0.15, 0.2) is 67.1 Å². The normalized spacial score (nSPS) is 16.2. The van der Waals surface area contributed by atoms with Gasteiger partial charge in [0, 0.05) is 43.1 Å². The van der Waals surface area contributed by atoms with E-state index in [9.17, 15) is 4.79 Å². The van der Waals surface area contributed by atoms with Crippen molar-refractivity contribution in [1.29, 1.82) is 0 Å². The summed E-state index contributed by atoms with van der Waals surface area (Å²) in [5.74, 6) is 1.42. The first kappa shape index (κ1) is 21.1. The minimum atomic E-state index is -0.263. The second kappa shape index (κ2) is 9.38. The van der Waals surface area contributed by atoms with E-state index in [0.29, 0.717) is 44.3 Å². The number of aryl methyl sites for hydroxylation is 2. The average molecular weight is 443 g/mol. The first-order valence-electron chi connectivity index (χ1n) is 11.1. The lowest BCUT2D eigenvalue weighted by Gasteiger charge is -2.33. The molecule has 8 nitrogen and oxygen atoms in total. The van der Waals surface area contributed by atoms with Gasteiger partial charge in [0.05, 0.1) is 25.0 Å². The Morgan fingerprint density at radius 2 is 2.06 bits per heavy atom. The minimum absolute atomic E-state index is 0.134. The number of carbonyl (C=O) groups excluding carboxylic acids is 1. The summed E-state index contributed by atoms with van der Waals surface area (Å²) < 4.78 is 8.18. The van der Waals surface area contributed by atoms with Crippen molar-refractivity contribution in [3.63, 3.8) is 0 Å². The number of aromatic nitrogens is 4. The maximum absolute atomic E-state index is 13.0. The van der Waals surface area contributed by atoms with Crippen LogP contribution in [0.1, 0.15) is 23.9 Å². The van der Waals surface area contributed by atoms with Gasteiger partial charge in [0.25, 0.3) is 0 Å². The molecule has 5 rings (SSSR count). The van der Waals surface area contributed by atoms with Crippen LogP contribution in [0.3, 0.4) is 0 Å². The lowest BCUT2D eigenvalue weighted by atomic mass is 10.1. The van der Waals surface area contributed by atoms with Crippen LogP contribution in [-0.2, 0) is 16.1 Å². The predicted molar refractivity (Wildman–Crippen MR) is 126 cm³/mol. The van der Waals surface area contributed by atoms with Crippen LogP contribution < -0.4 is 5.32 Å². The molecule has 3 aromatic heterocycles. The Kier molecular flexibility index (Phi) is 5.99. The third kappa shape index (κ3) is 4.70. The zero-order valence-electron chi connectivity index (χ0n) is 18.5. The molecule has 0 spiro atoms. The molecule has 4 aromatic rings. The Morgan fingerprint density at radius 3 is 2.94 bits per heavy atom. The molecule has 33 heavy (non-hydrogen) atoms. The van der Waals surface area contributed by atoms with Gasteiger partial charge in [-0.3, -0.25) is 9.78 Å². The van der Waals surface area contributed by atoms with Crippen molar-refractivity contribution in [2.45, 2.75) is 26.0 Å². The lowest BCUT2D eigenvalue weighted by molar-refractivity contribution is -0.139. The predicted octanol–water partition coefficient (Wildman–Crippen LogP) is 3.87. The second-order valence-corrected chi connectivity index (χ2v) is 8.11. The van der Waals surface area contributed by atoms with E-state index in [1.165, 1.54) is 16.6 Å². The molecule has 0 saturated carbocycles. The zero-order valence-corrected chi connectivity index (χ0v) is 18.5. The summed E-state index contributed by atoms with van der Waals surface area (Å²) in [5.41, 5.74) is 3.12. The van der Waals surface area contributed by atoms with E-state index in [-0.39, 0.29) is 12.0 Å². The maximum atomic E-state index is 13.0. The first-order chi connectivity index (χ1) is 16.2. The molecule has 1 fully saturated rings. The monoisotopic (exact) mass is 442 g/mol. The van der Waals surface area contributed by atoms with E-state index in [0.717, 1.165) is 5.69 Å². The van der Waals surface area contributed by atoms with Crippen molar-refractivity contribution in [2.24, 2.45) is 0 Å². The van der Waals surface area contributed by atoms with Gasteiger partial charge in [-0.2, -0.15) is 0 Å². The molecule has 1 aromatic carbocycles. The van der Waals surface area contributed by atoms with Crippen LogP contribution >= 0.6 is 0 Å². The summed E-state index contributed by atoms with van der Waals surface area (Å²) in [6.07, 6.45) is 5.07. The standard InChI is InChI=1S/C25H26N6O2/c1-18-15-19-5-2-3-7-21(19)31(18)12-9-25(32)30-13-14-33-22(17-30)20-6-4-8-23(28-20)29-24-16-26-10-11-27-24/h2-8,10-11,15-16,22H,9,12-14,17H2,1H3,(H,27,28,29)/t22-/m1/s1. The molecule has 0 aliphatic carbocycles. The van der Waals surface area contributed by atoms with Crippen molar-refractivity contribution in [2.75, 3.05) is 25.0 Å². The quantitative estimate of drug-likeness (QED) is 0.488. The number of anilines is 2. The number of nitrogens with one attached hydrogen (secondary N) is 1. The summed E-state index contributed by atoms with van der Waals surface area (Å²) in [7, 11) is 0. The summed E-state index contributed by atoms with van der Waals surface area (Å²) in [6, 6.07) is 16.2.